The number of carbonyl (C=O) groups excluding carboxylic acids is 1. The zero-order chi connectivity index (χ0) is 14.5. The third-order valence-electron chi connectivity index (χ3n) is 3.42. The maximum absolute atomic E-state index is 12.1. The van der Waals surface area contributed by atoms with Crippen LogP contribution in [-0.2, 0) is 9.47 Å². The van der Waals surface area contributed by atoms with Crippen LogP contribution in [0.15, 0.2) is 0 Å². The molecule has 0 unspecified atom stereocenters. The second kappa shape index (κ2) is 7.13. The number of rotatable bonds is 4. The summed E-state index contributed by atoms with van der Waals surface area (Å²) in [5.41, 5.74) is -0.423. The summed E-state index contributed by atoms with van der Waals surface area (Å²) in [5.74, 6) is 0.436. The van der Waals surface area contributed by atoms with Gasteiger partial charge in [0.15, 0.2) is 0 Å². The Kier molecular flexibility index (Phi) is 6.11. The lowest BCUT2D eigenvalue weighted by molar-refractivity contribution is -0.0215. The first-order chi connectivity index (χ1) is 8.87. The summed E-state index contributed by atoms with van der Waals surface area (Å²) in [6.45, 7) is 12.2. The van der Waals surface area contributed by atoms with Crippen molar-refractivity contribution in [2.45, 2.75) is 65.6 Å². The third-order valence-corrected chi connectivity index (χ3v) is 3.42. The van der Waals surface area contributed by atoms with Crippen LogP contribution in [-0.4, -0.2) is 42.4 Å². The van der Waals surface area contributed by atoms with Crippen molar-refractivity contribution in [2.24, 2.45) is 5.92 Å². The van der Waals surface area contributed by atoms with Crippen molar-refractivity contribution in [1.82, 2.24) is 4.90 Å². The zero-order valence-corrected chi connectivity index (χ0v) is 13.1. The Morgan fingerprint density at radius 3 is 2.58 bits per heavy atom. The first-order valence-electron chi connectivity index (χ1n) is 7.47. The fourth-order valence-electron chi connectivity index (χ4n) is 2.61. The topological polar surface area (TPSA) is 38.8 Å². The van der Waals surface area contributed by atoms with Crippen molar-refractivity contribution in [1.29, 1.82) is 0 Å². The van der Waals surface area contributed by atoms with Gasteiger partial charge in [-0.3, -0.25) is 0 Å². The molecule has 2 atom stereocenters. The van der Waals surface area contributed by atoms with Crippen LogP contribution in [0.2, 0.25) is 0 Å². The Labute approximate surface area is 117 Å². The number of hydrogen-bond donors (Lipinski definition) is 0. The van der Waals surface area contributed by atoms with E-state index in [0.29, 0.717) is 5.92 Å². The third kappa shape index (κ3) is 5.39. The summed E-state index contributed by atoms with van der Waals surface area (Å²) in [5, 5.41) is 0. The molecule has 1 rings (SSSR count). The zero-order valence-electron chi connectivity index (χ0n) is 13.1. The van der Waals surface area contributed by atoms with E-state index < -0.39 is 5.60 Å². The van der Waals surface area contributed by atoms with Crippen molar-refractivity contribution in [2.75, 3.05) is 19.7 Å². The van der Waals surface area contributed by atoms with Crippen LogP contribution in [0.25, 0.3) is 0 Å². The molecule has 1 aliphatic rings. The van der Waals surface area contributed by atoms with Gasteiger partial charge in [0.05, 0.1) is 6.10 Å². The molecule has 0 N–H and O–H groups in total. The quantitative estimate of drug-likeness (QED) is 0.786. The van der Waals surface area contributed by atoms with E-state index in [-0.39, 0.29) is 12.2 Å². The molecule has 0 spiro atoms. The number of nitrogens with zero attached hydrogens (tertiary/aromatic N) is 1. The molecule has 19 heavy (non-hydrogen) atoms. The summed E-state index contributed by atoms with van der Waals surface area (Å²) in [4.78, 5) is 13.9. The number of hydrogen-bond acceptors (Lipinski definition) is 3. The Morgan fingerprint density at radius 1 is 1.37 bits per heavy atom. The van der Waals surface area contributed by atoms with Gasteiger partial charge in [0.2, 0.25) is 0 Å². The first-order valence-corrected chi connectivity index (χ1v) is 7.47. The standard InChI is InChI=1S/C15H29NO3/c1-6-13(18-7-2)12-9-8-10-16(11-12)14(17)19-15(3,4)5/h12-13H,6-11H2,1-5H3/t12-,13+/m0/s1. The van der Waals surface area contributed by atoms with Gasteiger partial charge in [-0.05, 0) is 47.0 Å². The summed E-state index contributed by atoms with van der Waals surface area (Å²) in [6.07, 6.45) is 3.24. The molecule has 112 valence electrons. The van der Waals surface area contributed by atoms with E-state index in [9.17, 15) is 4.79 Å². The Balaban J connectivity index is 2.56. The van der Waals surface area contributed by atoms with Crippen molar-refractivity contribution in [3.63, 3.8) is 0 Å². The molecule has 1 heterocycles. The van der Waals surface area contributed by atoms with E-state index in [1.807, 2.05) is 32.6 Å². The molecule has 1 amide bonds. The van der Waals surface area contributed by atoms with Gasteiger partial charge in [-0.1, -0.05) is 6.92 Å². The molecule has 0 bridgehead atoms. The van der Waals surface area contributed by atoms with Crippen LogP contribution in [0, 0.1) is 5.92 Å². The predicted octanol–water partition coefficient (Wildman–Crippen LogP) is 3.45. The van der Waals surface area contributed by atoms with Gasteiger partial charge in [0.1, 0.15) is 5.60 Å². The molecule has 0 radical (unpaired) electrons. The highest BCUT2D eigenvalue weighted by atomic mass is 16.6. The van der Waals surface area contributed by atoms with Crippen molar-refractivity contribution >= 4 is 6.09 Å². The van der Waals surface area contributed by atoms with Crippen molar-refractivity contribution in [3.05, 3.63) is 0 Å². The minimum absolute atomic E-state index is 0.191. The fourth-order valence-corrected chi connectivity index (χ4v) is 2.61. The highest BCUT2D eigenvalue weighted by molar-refractivity contribution is 5.68. The summed E-state index contributed by atoms with van der Waals surface area (Å²) >= 11 is 0. The second-order valence-electron chi connectivity index (χ2n) is 6.23. The average molecular weight is 271 g/mol. The first kappa shape index (κ1) is 16.3. The molecule has 4 nitrogen and oxygen atoms in total. The molecule has 4 heteroatoms. The fraction of sp³-hybridized carbons (Fsp3) is 0.933. The molecule has 1 fully saturated rings. The van der Waals surface area contributed by atoms with Gasteiger partial charge in [0.25, 0.3) is 0 Å². The van der Waals surface area contributed by atoms with Crippen LogP contribution in [0.1, 0.15) is 53.9 Å². The maximum Gasteiger partial charge on any atom is 0.410 e. The normalized spacial score (nSPS) is 22.2. The van der Waals surface area contributed by atoms with Gasteiger partial charge in [-0.2, -0.15) is 0 Å². The number of likely N-dealkylation sites (tertiary alicyclic amines) is 1. The maximum atomic E-state index is 12.1. The smallest absolute Gasteiger partial charge is 0.410 e. The monoisotopic (exact) mass is 271 g/mol. The molecule has 0 aromatic rings. The molecule has 1 saturated heterocycles. The Hall–Kier alpha value is -0.770. The van der Waals surface area contributed by atoms with E-state index in [4.69, 9.17) is 9.47 Å². The van der Waals surface area contributed by atoms with Crippen LogP contribution in [0.5, 0.6) is 0 Å². The molecule has 0 aromatic carbocycles. The lowest BCUT2D eigenvalue weighted by Gasteiger charge is -2.37. The van der Waals surface area contributed by atoms with Crippen molar-refractivity contribution < 1.29 is 14.3 Å². The number of amides is 1. The molecular formula is C15H29NO3. The van der Waals surface area contributed by atoms with Gasteiger partial charge in [-0.25, -0.2) is 4.79 Å². The average Bonchev–Trinajstić information content (AvgIpc) is 2.34. The molecule has 0 aromatic heterocycles. The van der Waals surface area contributed by atoms with Gasteiger partial charge in [-0.15, -0.1) is 0 Å². The summed E-state index contributed by atoms with van der Waals surface area (Å²) < 4.78 is 11.2. The van der Waals surface area contributed by atoms with E-state index in [2.05, 4.69) is 6.92 Å². The van der Waals surface area contributed by atoms with E-state index in [0.717, 1.165) is 39.0 Å². The second-order valence-corrected chi connectivity index (χ2v) is 6.23. The van der Waals surface area contributed by atoms with Crippen LogP contribution < -0.4 is 0 Å². The van der Waals surface area contributed by atoms with E-state index in [1.54, 1.807) is 0 Å². The van der Waals surface area contributed by atoms with Gasteiger partial charge >= 0.3 is 6.09 Å². The summed E-state index contributed by atoms with van der Waals surface area (Å²) in [6, 6.07) is 0. The molecular weight excluding hydrogens is 242 g/mol. The SMILES string of the molecule is CCO[C@H](CC)[C@H]1CCCN(C(=O)OC(C)(C)C)C1. The van der Waals surface area contributed by atoms with Crippen LogP contribution in [0.4, 0.5) is 4.79 Å². The highest BCUT2D eigenvalue weighted by Gasteiger charge is 2.31. The van der Waals surface area contributed by atoms with Crippen LogP contribution >= 0.6 is 0 Å². The Morgan fingerprint density at radius 2 is 2.05 bits per heavy atom. The largest absolute Gasteiger partial charge is 0.444 e. The van der Waals surface area contributed by atoms with E-state index in [1.165, 1.54) is 0 Å². The number of carbonyl (C=O) groups is 1. The highest BCUT2D eigenvalue weighted by Crippen LogP contribution is 2.25. The number of piperidine rings is 1. The minimum Gasteiger partial charge on any atom is -0.444 e. The predicted molar refractivity (Wildman–Crippen MR) is 76.2 cm³/mol. The number of ether oxygens (including phenoxy) is 2. The van der Waals surface area contributed by atoms with E-state index >= 15 is 0 Å². The molecule has 0 saturated carbocycles. The lowest BCUT2D eigenvalue weighted by Crippen LogP contribution is -2.46. The van der Waals surface area contributed by atoms with Crippen LogP contribution in [0.3, 0.4) is 0 Å². The van der Waals surface area contributed by atoms with Crippen molar-refractivity contribution in [3.8, 4) is 0 Å². The lowest BCUT2D eigenvalue weighted by atomic mass is 9.91. The van der Waals surface area contributed by atoms with Gasteiger partial charge in [0, 0.05) is 25.6 Å². The Bertz CT molecular complexity index is 286. The molecule has 0 aliphatic carbocycles. The molecule has 1 aliphatic heterocycles. The van der Waals surface area contributed by atoms with Gasteiger partial charge < -0.3 is 14.4 Å². The summed E-state index contributed by atoms with van der Waals surface area (Å²) in [7, 11) is 0. The minimum atomic E-state index is -0.423.